The van der Waals surface area contributed by atoms with E-state index in [4.69, 9.17) is 5.11 Å². The number of aromatic nitrogens is 2. The molecular weight excluding hydrogens is 378 g/mol. The standard InChI is InChI=1S/C20H21N3O4S/c1-11(2)12-3-5-13(6-4-12)14-9-28-19-17(14)18(21-10-22-19)23-15(20(26)27)7-8-16(24)25/h3-6,9-11,15H,7-8H2,1-2H3,(H,24,25)(H,26,27)(H,21,22,23). The van der Waals surface area contributed by atoms with Gasteiger partial charge in [0.1, 0.15) is 23.0 Å². The third-order valence-corrected chi connectivity index (χ3v) is 5.40. The number of carboxylic acid groups (broad SMARTS) is 2. The molecule has 3 aromatic rings. The van der Waals surface area contributed by atoms with Crippen LogP contribution in [0.5, 0.6) is 0 Å². The fourth-order valence-corrected chi connectivity index (χ4v) is 3.85. The minimum absolute atomic E-state index is 0.0429. The van der Waals surface area contributed by atoms with Gasteiger partial charge in [0.2, 0.25) is 0 Å². The summed E-state index contributed by atoms with van der Waals surface area (Å²) >= 11 is 1.45. The largest absolute Gasteiger partial charge is 0.481 e. The van der Waals surface area contributed by atoms with Crippen LogP contribution in [0.3, 0.4) is 0 Å². The quantitative estimate of drug-likeness (QED) is 0.520. The maximum Gasteiger partial charge on any atom is 0.326 e. The molecule has 0 amide bonds. The molecule has 0 bridgehead atoms. The Labute approximate surface area is 166 Å². The average molecular weight is 399 g/mol. The van der Waals surface area contributed by atoms with Crippen LogP contribution in [-0.4, -0.2) is 38.2 Å². The summed E-state index contributed by atoms with van der Waals surface area (Å²) < 4.78 is 0. The van der Waals surface area contributed by atoms with Crippen LogP contribution in [0.15, 0.2) is 36.0 Å². The molecule has 1 atom stereocenters. The summed E-state index contributed by atoms with van der Waals surface area (Å²) in [4.78, 5) is 31.6. The summed E-state index contributed by atoms with van der Waals surface area (Å²) in [5.74, 6) is -1.33. The van der Waals surface area contributed by atoms with E-state index in [1.54, 1.807) is 0 Å². The molecule has 0 saturated carbocycles. The Hall–Kier alpha value is -3.00. The highest BCUT2D eigenvalue weighted by Crippen LogP contribution is 2.37. The van der Waals surface area contributed by atoms with Crippen molar-refractivity contribution >= 4 is 39.3 Å². The van der Waals surface area contributed by atoms with Crippen molar-refractivity contribution in [3.05, 3.63) is 41.5 Å². The van der Waals surface area contributed by atoms with Crippen LogP contribution in [0.25, 0.3) is 21.3 Å². The first-order valence-corrected chi connectivity index (χ1v) is 9.78. The van der Waals surface area contributed by atoms with Crippen LogP contribution >= 0.6 is 11.3 Å². The Morgan fingerprint density at radius 3 is 2.46 bits per heavy atom. The minimum Gasteiger partial charge on any atom is -0.481 e. The monoisotopic (exact) mass is 399 g/mol. The van der Waals surface area contributed by atoms with E-state index >= 15 is 0 Å². The molecule has 0 radical (unpaired) electrons. The lowest BCUT2D eigenvalue weighted by Crippen LogP contribution is -2.30. The van der Waals surface area contributed by atoms with Crippen LogP contribution in [0.2, 0.25) is 0 Å². The molecule has 2 heterocycles. The molecule has 7 nitrogen and oxygen atoms in total. The molecule has 0 fully saturated rings. The Kier molecular flexibility index (Phi) is 5.89. The molecule has 1 aromatic carbocycles. The molecule has 0 aliphatic rings. The van der Waals surface area contributed by atoms with Crippen molar-refractivity contribution in [3.63, 3.8) is 0 Å². The second kappa shape index (κ2) is 8.35. The lowest BCUT2D eigenvalue weighted by Gasteiger charge is -2.15. The predicted octanol–water partition coefficient (Wildman–Crippen LogP) is 4.21. The number of aliphatic carboxylic acids is 2. The van der Waals surface area contributed by atoms with Crippen LogP contribution in [-0.2, 0) is 9.59 Å². The first kappa shape index (κ1) is 19.8. The molecule has 28 heavy (non-hydrogen) atoms. The first-order valence-electron chi connectivity index (χ1n) is 8.90. The molecule has 3 N–H and O–H groups in total. The zero-order chi connectivity index (χ0) is 20.3. The van der Waals surface area contributed by atoms with Gasteiger partial charge < -0.3 is 15.5 Å². The Morgan fingerprint density at radius 1 is 1.14 bits per heavy atom. The number of anilines is 1. The zero-order valence-electron chi connectivity index (χ0n) is 15.5. The number of thiophene rings is 1. The van der Waals surface area contributed by atoms with Crippen molar-refractivity contribution in [1.82, 2.24) is 9.97 Å². The summed E-state index contributed by atoms with van der Waals surface area (Å²) in [5, 5.41) is 23.9. The van der Waals surface area contributed by atoms with Crippen molar-refractivity contribution in [2.45, 2.75) is 38.6 Å². The number of carbonyl (C=O) groups is 2. The number of nitrogens with zero attached hydrogens (tertiary/aromatic N) is 2. The third-order valence-electron chi connectivity index (χ3n) is 4.51. The van der Waals surface area contributed by atoms with Gasteiger partial charge in [0.05, 0.1) is 5.39 Å². The van der Waals surface area contributed by atoms with E-state index in [9.17, 15) is 14.7 Å². The summed E-state index contributed by atoms with van der Waals surface area (Å²) in [6.07, 6.45) is 1.09. The smallest absolute Gasteiger partial charge is 0.326 e. The lowest BCUT2D eigenvalue weighted by atomic mass is 9.99. The summed E-state index contributed by atoms with van der Waals surface area (Å²) in [6.45, 7) is 4.27. The van der Waals surface area contributed by atoms with Crippen LogP contribution in [0, 0.1) is 0 Å². The van der Waals surface area contributed by atoms with E-state index in [2.05, 4.69) is 41.3 Å². The highest BCUT2D eigenvalue weighted by molar-refractivity contribution is 7.17. The first-order chi connectivity index (χ1) is 13.4. The van der Waals surface area contributed by atoms with Gasteiger partial charge in [-0.3, -0.25) is 4.79 Å². The van der Waals surface area contributed by atoms with Crippen molar-refractivity contribution in [2.24, 2.45) is 0 Å². The highest BCUT2D eigenvalue weighted by Gasteiger charge is 2.22. The van der Waals surface area contributed by atoms with Gasteiger partial charge in [-0.15, -0.1) is 11.3 Å². The van der Waals surface area contributed by atoms with Gasteiger partial charge in [-0.05, 0) is 23.5 Å². The molecule has 2 aromatic heterocycles. The SMILES string of the molecule is CC(C)c1ccc(-c2csc3ncnc(NC(CCC(=O)O)C(=O)O)c23)cc1. The van der Waals surface area contributed by atoms with Gasteiger partial charge >= 0.3 is 11.9 Å². The Balaban J connectivity index is 1.98. The molecule has 8 heteroatoms. The molecule has 0 aliphatic carbocycles. The van der Waals surface area contributed by atoms with Crippen LogP contribution in [0.1, 0.15) is 38.2 Å². The van der Waals surface area contributed by atoms with Crippen molar-refractivity contribution < 1.29 is 19.8 Å². The number of fused-ring (bicyclic) bond motifs is 1. The summed E-state index contributed by atoms with van der Waals surface area (Å²) in [6, 6.07) is 7.17. The fraction of sp³-hybridized carbons (Fsp3) is 0.300. The molecular formula is C20H21N3O4S. The van der Waals surface area contributed by atoms with Crippen molar-refractivity contribution in [3.8, 4) is 11.1 Å². The van der Waals surface area contributed by atoms with Crippen LogP contribution in [0.4, 0.5) is 5.82 Å². The van der Waals surface area contributed by atoms with Gasteiger partial charge in [-0.1, -0.05) is 38.1 Å². The van der Waals surface area contributed by atoms with E-state index in [0.717, 1.165) is 21.3 Å². The number of hydrogen-bond donors (Lipinski definition) is 3. The van der Waals surface area contributed by atoms with E-state index in [-0.39, 0.29) is 12.8 Å². The normalized spacial score (nSPS) is 12.2. The van der Waals surface area contributed by atoms with Gasteiger partial charge in [0.15, 0.2) is 0 Å². The molecule has 146 valence electrons. The van der Waals surface area contributed by atoms with Gasteiger partial charge in [-0.2, -0.15) is 0 Å². The van der Waals surface area contributed by atoms with Crippen molar-refractivity contribution in [1.29, 1.82) is 0 Å². The second-order valence-electron chi connectivity index (χ2n) is 6.80. The van der Waals surface area contributed by atoms with E-state index in [0.29, 0.717) is 11.7 Å². The average Bonchev–Trinajstić information content (AvgIpc) is 3.09. The van der Waals surface area contributed by atoms with E-state index in [1.807, 2.05) is 17.5 Å². The maximum atomic E-state index is 11.6. The van der Waals surface area contributed by atoms with Crippen LogP contribution < -0.4 is 5.32 Å². The highest BCUT2D eigenvalue weighted by atomic mass is 32.1. The van der Waals surface area contributed by atoms with Gasteiger partial charge in [0, 0.05) is 17.4 Å². The van der Waals surface area contributed by atoms with Gasteiger partial charge in [-0.25, -0.2) is 14.8 Å². The topological polar surface area (TPSA) is 112 Å². The summed E-state index contributed by atoms with van der Waals surface area (Å²) in [5.41, 5.74) is 3.14. The molecule has 1 unspecified atom stereocenters. The fourth-order valence-electron chi connectivity index (χ4n) is 2.93. The number of hydrogen-bond acceptors (Lipinski definition) is 6. The number of rotatable bonds is 8. The Bertz CT molecular complexity index is 998. The van der Waals surface area contributed by atoms with Crippen molar-refractivity contribution in [2.75, 3.05) is 5.32 Å². The molecule has 3 rings (SSSR count). The molecule has 0 saturated heterocycles. The second-order valence-corrected chi connectivity index (χ2v) is 7.65. The number of nitrogens with one attached hydrogen (secondary N) is 1. The van der Waals surface area contributed by atoms with E-state index < -0.39 is 18.0 Å². The zero-order valence-corrected chi connectivity index (χ0v) is 16.4. The lowest BCUT2D eigenvalue weighted by molar-refractivity contribution is -0.139. The Morgan fingerprint density at radius 2 is 1.86 bits per heavy atom. The number of carboxylic acids is 2. The molecule has 0 spiro atoms. The summed E-state index contributed by atoms with van der Waals surface area (Å²) in [7, 11) is 0. The van der Waals surface area contributed by atoms with E-state index in [1.165, 1.54) is 23.2 Å². The molecule has 0 aliphatic heterocycles. The predicted molar refractivity (Wildman–Crippen MR) is 109 cm³/mol. The minimum atomic E-state index is -1.12. The van der Waals surface area contributed by atoms with Gasteiger partial charge in [0.25, 0.3) is 0 Å². The number of benzene rings is 1. The third kappa shape index (κ3) is 4.28. The maximum absolute atomic E-state index is 11.6.